The summed E-state index contributed by atoms with van der Waals surface area (Å²) < 4.78 is 0.0766. The molecule has 1 unspecified atom stereocenters. The highest BCUT2D eigenvalue weighted by atomic mass is 32.2. The fraction of sp³-hybridized carbons (Fsp3) is 0.909. The molecule has 90 valence electrons. The van der Waals surface area contributed by atoms with Crippen LogP contribution in [0.15, 0.2) is 0 Å². The second-order valence-corrected chi connectivity index (χ2v) is 6.43. The molecule has 0 saturated carbocycles. The van der Waals surface area contributed by atoms with E-state index in [1.54, 1.807) is 11.8 Å². The van der Waals surface area contributed by atoms with Gasteiger partial charge >= 0.3 is 0 Å². The second kappa shape index (κ2) is 6.38. The van der Waals surface area contributed by atoms with E-state index in [1.165, 1.54) is 0 Å². The van der Waals surface area contributed by atoms with Crippen LogP contribution in [0.1, 0.15) is 34.1 Å². The summed E-state index contributed by atoms with van der Waals surface area (Å²) in [5.41, 5.74) is 5.77. The minimum absolute atomic E-state index is 0.0363. The first-order valence-electron chi connectivity index (χ1n) is 5.37. The first-order valence-corrected chi connectivity index (χ1v) is 6.59. The summed E-state index contributed by atoms with van der Waals surface area (Å²) in [5, 5.41) is 2.89. The minimum Gasteiger partial charge on any atom is -0.353 e. The number of nitrogens with one attached hydrogen (secondary N) is 1. The second-order valence-electron chi connectivity index (χ2n) is 4.92. The normalized spacial score (nSPS) is 14.1. The molecule has 0 rings (SSSR count). The molecular weight excluding hydrogens is 208 g/mol. The van der Waals surface area contributed by atoms with Crippen LogP contribution in [0.4, 0.5) is 0 Å². The van der Waals surface area contributed by atoms with Gasteiger partial charge in [-0.3, -0.25) is 4.79 Å². The van der Waals surface area contributed by atoms with E-state index in [0.29, 0.717) is 12.5 Å². The molecule has 0 aliphatic rings. The molecule has 4 heteroatoms. The van der Waals surface area contributed by atoms with Crippen LogP contribution in [0.3, 0.4) is 0 Å². The van der Waals surface area contributed by atoms with Crippen LogP contribution in [-0.2, 0) is 4.79 Å². The Hall–Kier alpha value is -0.220. The molecule has 0 radical (unpaired) electrons. The molecule has 1 atom stereocenters. The van der Waals surface area contributed by atoms with E-state index in [0.717, 1.165) is 6.42 Å². The van der Waals surface area contributed by atoms with E-state index >= 15 is 0 Å². The number of thioether (sulfide) groups is 1. The lowest BCUT2D eigenvalue weighted by atomic mass is 10.0. The Balaban J connectivity index is 3.93. The maximum atomic E-state index is 11.6. The Morgan fingerprint density at radius 3 is 2.40 bits per heavy atom. The molecule has 1 amide bonds. The number of carbonyl (C=O) groups excluding carboxylic acids is 1. The summed E-state index contributed by atoms with van der Waals surface area (Å²) in [4.78, 5) is 11.6. The van der Waals surface area contributed by atoms with Crippen molar-refractivity contribution in [3.8, 4) is 0 Å². The van der Waals surface area contributed by atoms with Crippen molar-refractivity contribution >= 4 is 17.7 Å². The van der Waals surface area contributed by atoms with Crippen molar-refractivity contribution in [2.45, 2.75) is 44.9 Å². The van der Waals surface area contributed by atoms with Gasteiger partial charge in [-0.2, -0.15) is 11.8 Å². The molecule has 0 fully saturated rings. The van der Waals surface area contributed by atoms with Gasteiger partial charge in [0.05, 0.1) is 6.04 Å². The lowest BCUT2D eigenvalue weighted by molar-refractivity contribution is -0.122. The predicted molar refractivity (Wildman–Crippen MR) is 68.0 cm³/mol. The zero-order valence-corrected chi connectivity index (χ0v) is 11.3. The smallest absolute Gasteiger partial charge is 0.236 e. The van der Waals surface area contributed by atoms with Crippen molar-refractivity contribution in [1.82, 2.24) is 5.32 Å². The highest BCUT2D eigenvalue weighted by Crippen LogP contribution is 2.19. The summed E-state index contributed by atoms with van der Waals surface area (Å²) in [7, 11) is 0. The molecule has 0 aromatic carbocycles. The Kier molecular flexibility index (Phi) is 6.29. The maximum Gasteiger partial charge on any atom is 0.236 e. The number of rotatable bonds is 6. The Bertz CT molecular complexity index is 205. The van der Waals surface area contributed by atoms with Crippen molar-refractivity contribution in [3.05, 3.63) is 0 Å². The van der Waals surface area contributed by atoms with Crippen LogP contribution in [0.2, 0.25) is 0 Å². The zero-order valence-electron chi connectivity index (χ0n) is 10.5. The summed E-state index contributed by atoms with van der Waals surface area (Å²) in [6, 6.07) is -0.373. The lowest BCUT2D eigenvalue weighted by Crippen LogP contribution is -2.45. The number of hydrogen-bond donors (Lipinski definition) is 2. The molecule has 0 saturated heterocycles. The van der Waals surface area contributed by atoms with Gasteiger partial charge in [-0.15, -0.1) is 0 Å². The molecule has 0 spiro atoms. The molecule has 3 nitrogen and oxygen atoms in total. The molecule has 0 aromatic heterocycles. The molecule has 0 aliphatic heterocycles. The number of amides is 1. The van der Waals surface area contributed by atoms with Crippen LogP contribution in [0.25, 0.3) is 0 Å². The van der Waals surface area contributed by atoms with Crippen LogP contribution >= 0.6 is 11.8 Å². The van der Waals surface area contributed by atoms with Gasteiger partial charge in [-0.05, 0) is 32.4 Å². The van der Waals surface area contributed by atoms with Crippen molar-refractivity contribution < 1.29 is 4.79 Å². The highest BCUT2D eigenvalue weighted by Gasteiger charge is 2.20. The standard InChI is InChI=1S/C11H24N2OS/c1-8(2)6-9(12)10(14)13-7-11(3,4)15-5/h8-9H,6-7,12H2,1-5H3,(H,13,14). The van der Waals surface area contributed by atoms with Crippen molar-refractivity contribution in [1.29, 1.82) is 0 Å². The molecule has 0 bridgehead atoms. The Morgan fingerprint density at radius 1 is 1.47 bits per heavy atom. The lowest BCUT2D eigenvalue weighted by Gasteiger charge is -2.23. The summed E-state index contributed by atoms with van der Waals surface area (Å²) >= 11 is 1.74. The van der Waals surface area contributed by atoms with Crippen LogP contribution < -0.4 is 11.1 Å². The largest absolute Gasteiger partial charge is 0.353 e. The quantitative estimate of drug-likeness (QED) is 0.731. The van der Waals surface area contributed by atoms with E-state index < -0.39 is 0 Å². The minimum atomic E-state index is -0.373. The molecule has 15 heavy (non-hydrogen) atoms. The van der Waals surface area contributed by atoms with E-state index in [4.69, 9.17) is 5.73 Å². The fourth-order valence-corrected chi connectivity index (χ4v) is 1.33. The SMILES string of the molecule is CSC(C)(C)CNC(=O)C(N)CC(C)C. The number of carbonyl (C=O) groups is 1. The average Bonchev–Trinajstić information content (AvgIpc) is 2.13. The van der Waals surface area contributed by atoms with Gasteiger partial charge in [0.15, 0.2) is 0 Å². The van der Waals surface area contributed by atoms with Gasteiger partial charge in [0, 0.05) is 11.3 Å². The first kappa shape index (κ1) is 14.8. The van der Waals surface area contributed by atoms with Gasteiger partial charge < -0.3 is 11.1 Å². The van der Waals surface area contributed by atoms with Gasteiger partial charge in [0.2, 0.25) is 5.91 Å². The topological polar surface area (TPSA) is 55.1 Å². The van der Waals surface area contributed by atoms with Crippen LogP contribution in [-0.4, -0.2) is 29.5 Å². The number of nitrogens with two attached hydrogens (primary N) is 1. The van der Waals surface area contributed by atoms with Crippen molar-refractivity contribution in [3.63, 3.8) is 0 Å². The molecule has 3 N–H and O–H groups in total. The highest BCUT2D eigenvalue weighted by molar-refractivity contribution is 7.99. The van der Waals surface area contributed by atoms with Gasteiger partial charge in [-0.25, -0.2) is 0 Å². The van der Waals surface area contributed by atoms with Crippen LogP contribution in [0, 0.1) is 5.92 Å². The third-order valence-corrected chi connectivity index (χ3v) is 3.55. The molecule has 0 heterocycles. The van der Waals surface area contributed by atoms with Gasteiger partial charge in [0.25, 0.3) is 0 Å². The summed E-state index contributed by atoms with van der Waals surface area (Å²) in [6.07, 6.45) is 2.78. The third-order valence-electron chi connectivity index (χ3n) is 2.30. The summed E-state index contributed by atoms with van der Waals surface area (Å²) in [6.45, 7) is 9.01. The van der Waals surface area contributed by atoms with E-state index in [9.17, 15) is 4.79 Å². The maximum absolute atomic E-state index is 11.6. The van der Waals surface area contributed by atoms with Crippen molar-refractivity contribution in [2.24, 2.45) is 11.7 Å². The first-order chi connectivity index (χ1) is 6.78. The van der Waals surface area contributed by atoms with E-state index in [1.807, 2.05) is 6.26 Å². The average molecular weight is 232 g/mol. The number of hydrogen-bond acceptors (Lipinski definition) is 3. The monoisotopic (exact) mass is 232 g/mol. The van der Waals surface area contributed by atoms with E-state index in [2.05, 4.69) is 33.0 Å². The van der Waals surface area contributed by atoms with Gasteiger partial charge in [-0.1, -0.05) is 13.8 Å². The van der Waals surface area contributed by atoms with E-state index in [-0.39, 0.29) is 16.7 Å². The van der Waals surface area contributed by atoms with Gasteiger partial charge in [0.1, 0.15) is 0 Å². The van der Waals surface area contributed by atoms with Crippen molar-refractivity contribution in [2.75, 3.05) is 12.8 Å². The fourth-order valence-electron chi connectivity index (χ4n) is 1.12. The molecular formula is C11H24N2OS. The van der Waals surface area contributed by atoms with Crippen LogP contribution in [0.5, 0.6) is 0 Å². The summed E-state index contributed by atoms with van der Waals surface area (Å²) in [5.74, 6) is 0.421. The zero-order chi connectivity index (χ0) is 12.1. The third kappa shape index (κ3) is 6.79. The molecule has 0 aliphatic carbocycles. The Labute approximate surface area is 97.6 Å². The Morgan fingerprint density at radius 2 is 2.00 bits per heavy atom. The molecule has 0 aromatic rings. The predicted octanol–water partition coefficient (Wildman–Crippen LogP) is 1.62.